The van der Waals surface area contributed by atoms with Crippen LogP contribution in [0.5, 0.6) is 0 Å². The van der Waals surface area contributed by atoms with Crippen LogP contribution >= 0.6 is 23.5 Å². The third-order valence-electron chi connectivity index (χ3n) is 1.02. The van der Waals surface area contributed by atoms with Crippen LogP contribution in [0, 0.1) is 0 Å². The van der Waals surface area contributed by atoms with Crippen LogP contribution in [-0.4, -0.2) is 15.6 Å². The van der Waals surface area contributed by atoms with Crippen molar-refractivity contribution >= 4 is 23.5 Å². The van der Waals surface area contributed by atoms with Crippen molar-refractivity contribution in [2.24, 2.45) is 0 Å². The average Bonchev–Trinajstić information content (AvgIpc) is 1.82. The highest BCUT2D eigenvalue weighted by molar-refractivity contribution is 8.17. The van der Waals surface area contributed by atoms with Crippen LogP contribution in [0.2, 0.25) is 0 Å². The second kappa shape index (κ2) is 6.41. The summed E-state index contributed by atoms with van der Waals surface area (Å²) in [6, 6.07) is 0. The molecule has 1 atom stereocenters. The van der Waals surface area contributed by atoms with Gasteiger partial charge >= 0.3 is 0 Å². The number of rotatable bonds is 5. The third kappa shape index (κ3) is 6.81. The maximum atomic E-state index is 2.30. The summed E-state index contributed by atoms with van der Waals surface area (Å²) < 4.78 is 0.778. The quantitative estimate of drug-likeness (QED) is 0.590. The lowest BCUT2D eigenvalue weighted by atomic mass is 10.6. The minimum Gasteiger partial charge on any atom is -0.148 e. The Morgan fingerprint density at radius 2 is 1.80 bits per heavy atom. The van der Waals surface area contributed by atoms with Crippen LogP contribution < -0.4 is 0 Å². The first-order valence-electron chi connectivity index (χ1n) is 3.93. The topological polar surface area (TPSA) is 0 Å². The van der Waals surface area contributed by atoms with E-state index >= 15 is 0 Å². The van der Waals surface area contributed by atoms with Crippen LogP contribution in [0.4, 0.5) is 0 Å². The van der Waals surface area contributed by atoms with E-state index in [4.69, 9.17) is 0 Å². The van der Waals surface area contributed by atoms with E-state index in [-0.39, 0.29) is 0 Å². The normalized spacial score (nSPS) is 14.1. The molecule has 0 spiro atoms. The van der Waals surface area contributed by atoms with Crippen molar-refractivity contribution in [2.75, 3.05) is 5.75 Å². The lowest BCUT2D eigenvalue weighted by Crippen LogP contribution is -1.97. The highest BCUT2D eigenvalue weighted by Gasteiger charge is 2.03. The fourth-order valence-corrected chi connectivity index (χ4v) is 3.31. The SMILES string of the molecule is CCCSC(C)SC(C)C. The summed E-state index contributed by atoms with van der Waals surface area (Å²) in [4.78, 5) is 0. The maximum Gasteiger partial charge on any atom is 0.0476 e. The Bertz CT molecular complexity index is 71.7. The van der Waals surface area contributed by atoms with Crippen LogP contribution in [0.1, 0.15) is 34.1 Å². The molecular weight excluding hydrogens is 160 g/mol. The van der Waals surface area contributed by atoms with Crippen molar-refractivity contribution < 1.29 is 0 Å². The van der Waals surface area contributed by atoms with E-state index in [2.05, 4.69) is 51.2 Å². The molecule has 0 saturated heterocycles. The third-order valence-corrected chi connectivity index (χ3v) is 3.80. The van der Waals surface area contributed by atoms with Gasteiger partial charge in [0.15, 0.2) is 0 Å². The first kappa shape index (κ1) is 10.7. The Balaban J connectivity index is 3.16. The summed E-state index contributed by atoms with van der Waals surface area (Å²) in [5.74, 6) is 1.31. The fraction of sp³-hybridized carbons (Fsp3) is 1.00. The van der Waals surface area contributed by atoms with Crippen molar-refractivity contribution in [3.05, 3.63) is 0 Å². The highest BCUT2D eigenvalue weighted by Crippen LogP contribution is 2.26. The van der Waals surface area contributed by atoms with Gasteiger partial charge in [0.1, 0.15) is 0 Å². The molecule has 0 heterocycles. The number of hydrogen-bond donors (Lipinski definition) is 0. The first-order valence-corrected chi connectivity index (χ1v) is 5.93. The van der Waals surface area contributed by atoms with Crippen LogP contribution in [0.15, 0.2) is 0 Å². The maximum absolute atomic E-state index is 2.30. The van der Waals surface area contributed by atoms with Crippen molar-refractivity contribution in [2.45, 2.75) is 43.9 Å². The predicted molar refractivity (Wildman–Crippen MR) is 54.9 cm³/mol. The molecule has 0 fully saturated rings. The van der Waals surface area contributed by atoms with Crippen molar-refractivity contribution in [1.82, 2.24) is 0 Å². The fourth-order valence-electron chi connectivity index (χ4n) is 0.706. The highest BCUT2D eigenvalue weighted by atomic mass is 32.2. The van der Waals surface area contributed by atoms with Gasteiger partial charge in [0.05, 0.1) is 0 Å². The van der Waals surface area contributed by atoms with E-state index in [0.29, 0.717) is 0 Å². The predicted octanol–water partition coefficient (Wildman–Crippen LogP) is 3.62. The van der Waals surface area contributed by atoms with E-state index in [0.717, 1.165) is 9.83 Å². The first-order chi connectivity index (χ1) is 4.66. The second-order valence-corrected chi connectivity index (χ2v) is 6.29. The number of hydrogen-bond acceptors (Lipinski definition) is 2. The van der Waals surface area contributed by atoms with Crippen molar-refractivity contribution in [3.63, 3.8) is 0 Å². The lowest BCUT2D eigenvalue weighted by Gasteiger charge is -2.12. The molecule has 0 bridgehead atoms. The molecule has 0 aromatic heterocycles. The van der Waals surface area contributed by atoms with Gasteiger partial charge in [-0.15, -0.1) is 23.5 Å². The Hall–Kier alpha value is 0.700. The van der Waals surface area contributed by atoms with Crippen LogP contribution in [0.25, 0.3) is 0 Å². The molecule has 62 valence electrons. The van der Waals surface area contributed by atoms with Crippen molar-refractivity contribution in [1.29, 1.82) is 0 Å². The standard InChI is InChI=1S/C8H18S2/c1-5-6-9-8(4)10-7(2)3/h7-8H,5-6H2,1-4H3. The molecule has 0 aliphatic carbocycles. The lowest BCUT2D eigenvalue weighted by molar-refractivity contribution is 1.09. The molecule has 0 aromatic carbocycles. The van der Waals surface area contributed by atoms with Gasteiger partial charge in [-0.3, -0.25) is 0 Å². The van der Waals surface area contributed by atoms with Gasteiger partial charge in [0.2, 0.25) is 0 Å². The second-order valence-electron chi connectivity index (χ2n) is 2.62. The largest absolute Gasteiger partial charge is 0.148 e. The van der Waals surface area contributed by atoms with E-state index < -0.39 is 0 Å². The molecule has 0 aliphatic rings. The Kier molecular flexibility index (Phi) is 6.86. The Labute approximate surface area is 73.5 Å². The molecular formula is C8H18S2. The molecule has 2 heteroatoms. The van der Waals surface area contributed by atoms with Crippen molar-refractivity contribution in [3.8, 4) is 0 Å². The van der Waals surface area contributed by atoms with Gasteiger partial charge in [-0.1, -0.05) is 20.8 Å². The van der Waals surface area contributed by atoms with Crippen LogP contribution in [0.3, 0.4) is 0 Å². The average molecular weight is 178 g/mol. The van der Waals surface area contributed by atoms with Gasteiger partial charge < -0.3 is 0 Å². The smallest absolute Gasteiger partial charge is 0.0476 e. The van der Waals surface area contributed by atoms with Gasteiger partial charge in [-0.2, -0.15) is 0 Å². The zero-order chi connectivity index (χ0) is 7.98. The minimum absolute atomic E-state index is 0.777. The molecule has 0 rings (SSSR count). The molecule has 10 heavy (non-hydrogen) atoms. The van der Waals surface area contributed by atoms with Gasteiger partial charge in [-0.25, -0.2) is 0 Å². The summed E-state index contributed by atoms with van der Waals surface area (Å²) in [7, 11) is 0. The molecule has 0 saturated carbocycles. The summed E-state index contributed by atoms with van der Waals surface area (Å²) in [6.07, 6.45) is 1.30. The summed E-state index contributed by atoms with van der Waals surface area (Å²) in [6.45, 7) is 9.05. The Morgan fingerprint density at radius 1 is 1.20 bits per heavy atom. The summed E-state index contributed by atoms with van der Waals surface area (Å²) in [5, 5.41) is 0.777. The number of thioether (sulfide) groups is 2. The molecule has 0 aromatic rings. The van der Waals surface area contributed by atoms with Gasteiger partial charge in [0.25, 0.3) is 0 Å². The molecule has 0 radical (unpaired) electrons. The molecule has 0 aliphatic heterocycles. The molecule has 0 nitrogen and oxygen atoms in total. The Morgan fingerprint density at radius 3 is 2.20 bits per heavy atom. The zero-order valence-electron chi connectivity index (χ0n) is 7.39. The molecule has 0 N–H and O–H groups in total. The van der Waals surface area contributed by atoms with E-state index in [9.17, 15) is 0 Å². The van der Waals surface area contributed by atoms with E-state index in [1.54, 1.807) is 0 Å². The monoisotopic (exact) mass is 178 g/mol. The summed E-state index contributed by atoms with van der Waals surface area (Å²) in [5.41, 5.74) is 0. The molecule has 0 amide bonds. The van der Waals surface area contributed by atoms with E-state index in [1.165, 1.54) is 12.2 Å². The summed E-state index contributed by atoms with van der Waals surface area (Å²) >= 11 is 4.12. The van der Waals surface area contributed by atoms with Gasteiger partial charge in [-0.05, 0) is 19.1 Å². The minimum atomic E-state index is 0.777. The molecule has 1 unspecified atom stereocenters. The van der Waals surface area contributed by atoms with Gasteiger partial charge in [0, 0.05) is 9.83 Å². The van der Waals surface area contributed by atoms with E-state index in [1.807, 2.05) is 0 Å². The van der Waals surface area contributed by atoms with Crippen LogP contribution in [-0.2, 0) is 0 Å². The zero-order valence-corrected chi connectivity index (χ0v) is 9.02.